The first-order chi connectivity index (χ1) is 13.9. The van der Waals surface area contributed by atoms with Crippen LogP contribution in [-0.2, 0) is 11.4 Å². The molecule has 0 radical (unpaired) electrons. The average Bonchev–Trinajstić information content (AvgIpc) is 3.17. The van der Waals surface area contributed by atoms with Gasteiger partial charge in [0.05, 0.1) is 0 Å². The number of hydrogen-bond donors (Lipinski definition) is 2. The van der Waals surface area contributed by atoms with Gasteiger partial charge in [0.1, 0.15) is 23.1 Å². The summed E-state index contributed by atoms with van der Waals surface area (Å²) in [6, 6.07) is 8.43. The van der Waals surface area contributed by atoms with Crippen molar-refractivity contribution in [3.8, 4) is 5.75 Å². The smallest absolute Gasteiger partial charge is 0.270 e. The molecule has 29 heavy (non-hydrogen) atoms. The fourth-order valence-corrected chi connectivity index (χ4v) is 4.19. The van der Waals surface area contributed by atoms with Gasteiger partial charge in [-0.15, -0.1) is 11.3 Å². The second-order valence-electron chi connectivity index (χ2n) is 7.86. The summed E-state index contributed by atoms with van der Waals surface area (Å²) in [6.07, 6.45) is 3.50. The Morgan fingerprint density at radius 2 is 1.72 bits per heavy atom. The maximum Gasteiger partial charge on any atom is 0.270 e. The molecule has 1 fully saturated rings. The van der Waals surface area contributed by atoms with Crippen molar-refractivity contribution in [3.63, 3.8) is 0 Å². The van der Waals surface area contributed by atoms with E-state index in [1.165, 1.54) is 23.8 Å². The zero-order valence-electron chi connectivity index (χ0n) is 17.2. The summed E-state index contributed by atoms with van der Waals surface area (Å²) in [6.45, 7) is 6.21. The fraction of sp³-hybridized carbons (Fsp3) is 0.500. The van der Waals surface area contributed by atoms with Gasteiger partial charge in [0, 0.05) is 24.4 Å². The molecular formula is C22H29N3O3S. The number of nitrogens with one attached hydrogen (secondary N) is 2. The van der Waals surface area contributed by atoms with E-state index in [1.807, 2.05) is 12.1 Å². The van der Waals surface area contributed by atoms with E-state index in [-0.39, 0.29) is 23.9 Å². The van der Waals surface area contributed by atoms with Gasteiger partial charge < -0.3 is 15.4 Å². The van der Waals surface area contributed by atoms with Gasteiger partial charge in [-0.3, -0.25) is 9.59 Å². The zero-order valence-corrected chi connectivity index (χ0v) is 18.1. The molecule has 1 aliphatic carbocycles. The molecular weight excluding hydrogens is 386 g/mol. The van der Waals surface area contributed by atoms with E-state index in [4.69, 9.17) is 4.74 Å². The number of aromatic nitrogens is 1. The molecule has 0 atom stereocenters. The summed E-state index contributed by atoms with van der Waals surface area (Å²) in [4.78, 5) is 28.0. The summed E-state index contributed by atoms with van der Waals surface area (Å²) in [5, 5.41) is 8.57. The molecule has 0 bridgehead atoms. The lowest BCUT2D eigenvalue weighted by molar-refractivity contribution is -0.119. The Balaban J connectivity index is 1.45. The number of ether oxygens (including phenoxy) is 1. The van der Waals surface area contributed by atoms with Crippen LogP contribution in [0.5, 0.6) is 5.75 Å². The van der Waals surface area contributed by atoms with Gasteiger partial charge in [0.2, 0.25) is 5.91 Å². The number of amides is 2. The molecule has 0 aliphatic heterocycles. The number of hydrogen-bond acceptors (Lipinski definition) is 5. The lowest BCUT2D eigenvalue weighted by Gasteiger charge is -2.29. The third-order valence-corrected chi connectivity index (χ3v) is 5.99. The second-order valence-corrected chi connectivity index (χ2v) is 8.80. The molecule has 1 aromatic heterocycles. The van der Waals surface area contributed by atoms with Crippen LogP contribution in [0.4, 0.5) is 0 Å². The van der Waals surface area contributed by atoms with E-state index in [0.717, 1.165) is 36.4 Å². The molecule has 0 unspecified atom stereocenters. The van der Waals surface area contributed by atoms with Gasteiger partial charge in [0.25, 0.3) is 5.91 Å². The molecule has 1 heterocycles. The Hall–Kier alpha value is -2.41. The van der Waals surface area contributed by atoms with Crippen molar-refractivity contribution in [3.05, 3.63) is 45.9 Å². The number of rotatable bonds is 7. The Morgan fingerprint density at radius 1 is 1.10 bits per heavy atom. The number of carbonyl (C=O) groups excluding carboxylic acids is 2. The summed E-state index contributed by atoms with van der Waals surface area (Å²) in [5.74, 6) is 1.15. The van der Waals surface area contributed by atoms with Crippen LogP contribution in [0.25, 0.3) is 0 Å². The highest BCUT2D eigenvalue weighted by atomic mass is 32.1. The van der Waals surface area contributed by atoms with Gasteiger partial charge in [-0.25, -0.2) is 4.98 Å². The minimum atomic E-state index is -0.142. The van der Waals surface area contributed by atoms with Crippen molar-refractivity contribution in [2.75, 3.05) is 0 Å². The molecule has 2 N–H and O–H groups in total. The molecule has 1 saturated carbocycles. The van der Waals surface area contributed by atoms with Gasteiger partial charge in [-0.2, -0.15) is 0 Å². The average molecular weight is 416 g/mol. The van der Waals surface area contributed by atoms with Crippen molar-refractivity contribution in [2.24, 2.45) is 0 Å². The number of carbonyl (C=O) groups is 2. The summed E-state index contributed by atoms with van der Waals surface area (Å²) >= 11 is 1.43. The molecule has 156 valence electrons. The van der Waals surface area contributed by atoms with E-state index in [2.05, 4.69) is 41.6 Å². The van der Waals surface area contributed by atoms with Gasteiger partial charge in [-0.05, 0) is 49.3 Å². The van der Waals surface area contributed by atoms with Gasteiger partial charge in [0.15, 0.2) is 0 Å². The van der Waals surface area contributed by atoms with Gasteiger partial charge >= 0.3 is 0 Å². The largest absolute Gasteiger partial charge is 0.486 e. The molecule has 1 aromatic carbocycles. The van der Waals surface area contributed by atoms with Crippen molar-refractivity contribution in [1.82, 2.24) is 15.6 Å². The summed E-state index contributed by atoms with van der Waals surface area (Å²) < 4.78 is 5.80. The zero-order chi connectivity index (χ0) is 20.8. The van der Waals surface area contributed by atoms with Crippen molar-refractivity contribution in [1.29, 1.82) is 0 Å². The molecule has 7 heteroatoms. The van der Waals surface area contributed by atoms with Crippen LogP contribution in [-0.4, -0.2) is 28.9 Å². The molecule has 2 aromatic rings. The summed E-state index contributed by atoms with van der Waals surface area (Å²) in [5.41, 5.74) is 1.71. The highest BCUT2D eigenvalue weighted by molar-refractivity contribution is 7.09. The molecule has 3 rings (SSSR count). The van der Waals surface area contributed by atoms with E-state index in [9.17, 15) is 9.59 Å². The monoisotopic (exact) mass is 415 g/mol. The van der Waals surface area contributed by atoms with Crippen LogP contribution < -0.4 is 15.4 Å². The van der Waals surface area contributed by atoms with E-state index < -0.39 is 0 Å². The van der Waals surface area contributed by atoms with Crippen LogP contribution in [0.1, 0.15) is 73.4 Å². The van der Waals surface area contributed by atoms with Crippen LogP contribution in [0.15, 0.2) is 29.6 Å². The minimum Gasteiger partial charge on any atom is -0.486 e. The predicted molar refractivity (Wildman–Crippen MR) is 114 cm³/mol. The molecule has 0 spiro atoms. The number of thiazole rings is 1. The second kappa shape index (κ2) is 9.87. The van der Waals surface area contributed by atoms with E-state index in [0.29, 0.717) is 18.2 Å². The number of benzene rings is 1. The predicted octanol–water partition coefficient (Wildman–Crippen LogP) is 4.02. The fourth-order valence-electron chi connectivity index (χ4n) is 3.50. The highest BCUT2D eigenvalue weighted by Crippen LogP contribution is 2.21. The Kier molecular flexibility index (Phi) is 7.25. The molecule has 6 nitrogen and oxygen atoms in total. The Morgan fingerprint density at radius 3 is 2.31 bits per heavy atom. The van der Waals surface area contributed by atoms with Crippen LogP contribution >= 0.6 is 11.3 Å². The van der Waals surface area contributed by atoms with Gasteiger partial charge in [-0.1, -0.05) is 26.0 Å². The van der Waals surface area contributed by atoms with E-state index in [1.54, 1.807) is 5.38 Å². The summed E-state index contributed by atoms with van der Waals surface area (Å²) in [7, 11) is 0. The SMILES string of the molecule is CC(=O)NC1CCC(NC(=O)c2csc(COc3ccc(C(C)C)cc3)n2)CC1. The lowest BCUT2D eigenvalue weighted by Crippen LogP contribution is -2.43. The van der Waals surface area contributed by atoms with E-state index >= 15 is 0 Å². The topological polar surface area (TPSA) is 80.3 Å². The first-order valence-electron chi connectivity index (χ1n) is 10.2. The van der Waals surface area contributed by atoms with Crippen molar-refractivity contribution in [2.45, 2.75) is 71.1 Å². The molecule has 2 amide bonds. The lowest BCUT2D eigenvalue weighted by atomic mass is 9.91. The Labute approximate surface area is 176 Å². The third kappa shape index (κ3) is 6.29. The normalized spacial score (nSPS) is 19.0. The Bertz CT molecular complexity index is 824. The van der Waals surface area contributed by atoms with Crippen LogP contribution in [0.2, 0.25) is 0 Å². The standard InChI is InChI=1S/C22H29N3O3S/c1-14(2)16-4-10-19(11-5-16)28-12-21-25-20(13-29-21)22(27)24-18-8-6-17(7-9-18)23-15(3)26/h4-5,10-11,13-14,17-18H,6-9,12H2,1-3H3,(H,23,26)(H,24,27). The number of nitrogens with zero attached hydrogens (tertiary/aromatic N) is 1. The first-order valence-corrected chi connectivity index (χ1v) is 11.0. The van der Waals surface area contributed by atoms with Crippen molar-refractivity contribution >= 4 is 23.2 Å². The maximum atomic E-state index is 12.5. The third-order valence-electron chi connectivity index (χ3n) is 5.16. The highest BCUT2D eigenvalue weighted by Gasteiger charge is 2.24. The quantitative estimate of drug-likeness (QED) is 0.716. The van der Waals surface area contributed by atoms with Crippen LogP contribution in [0, 0.1) is 0 Å². The molecule has 0 saturated heterocycles. The first kappa shape index (κ1) is 21.3. The minimum absolute atomic E-state index is 0.00516. The maximum absolute atomic E-state index is 12.5. The molecule has 1 aliphatic rings. The van der Waals surface area contributed by atoms with Crippen molar-refractivity contribution < 1.29 is 14.3 Å². The van der Waals surface area contributed by atoms with Crippen LogP contribution in [0.3, 0.4) is 0 Å².